The van der Waals surface area contributed by atoms with Gasteiger partial charge < -0.3 is 10.0 Å². The molecule has 16 heavy (non-hydrogen) atoms. The van der Waals surface area contributed by atoms with Crippen LogP contribution < -0.4 is 0 Å². The van der Waals surface area contributed by atoms with Gasteiger partial charge in [0.15, 0.2) is 0 Å². The quantitative estimate of drug-likeness (QED) is 0.872. The summed E-state index contributed by atoms with van der Waals surface area (Å²) in [5.41, 5.74) is 1.22. The molecule has 1 aromatic rings. The molecular formula is C12H17NO2S. The molecule has 0 radical (unpaired) electrons. The van der Waals surface area contributed by atoms with Crippen LogP contribution in [0, 0.1) is 12.8 Å². The van der Waals surface area contributed by atoms with Crippen LogP contribution in [0.15, 0.2) is 6.07 Å². The van der Waals surface area contributed by atoms with Crippen molar-refractivity contribution in [2.24, 2.45) is 5.92 Å². The average Bonchev–Trinajstić information content (AvgIpc) is 2.58. The van der Waals surface area contributed by atoms with Crippen LogP contribution in [0.3, 0.4) is 0 Å². The van der Waals surface area contributed by atoms with E-state index in [9.17, 15) is 4.79 Å². The van der Waals surface area contributed by atoms with Crippen molar-refractivity contribution in [1.29, 1.82) is 0 Å². The summed E-state index contributed by atoms with van der Waals surface area (Å²) in [6, 6.07) is 1.98. The molecule has 2 heterocycles. The van der Waals surface area contributed by atoms with Crippen molar-refractivity contribution in [3.63, 3.8) is 0 Å². The van der Waals surface area contributed by atoms with Gasteiger partial charge in [-0.15, -0.1) is 11.3 Å². The fourth-order valence-electron chi connectivity index (χ4n) is 1.98. The summed E-state index contributed by atoms with van der Waals surface area (Å²) in [6.45, 7) is 5.76. The number of rotatable bonds is 3. The Bertz CT molecular complexity index is 394. The number of carbonyl (C=O) groups excluding carboxylic acids is 1. The van der Waals surface area contributed by atoms with Gasteiger partial charge in [-0.2, -0.15) is 0 Å². The predicted molar refractivity (Wildman–Crippen MR) is 64.9 cm³/mol. The Hall–Kier alpha value is -0.870. The molecule has 1 aliphatic heterocycles. The lowest BCUT2D eigenvalue weighted by Gasteiger charge is -2.37. The highest BCUT2D eigenvalue weighted by molar-refractivity contribution is 7.14. The van der Waals surface area contributed by atoms with Crippen LogP contribution in [-0.4, -0.2) is 35.6 Å². The maximum absolute atomic E-state index is 12.0. The number of amides is 1. The summed E-state index contributed by atoms with van der Waals surface area (Å²) in [4.78, 5) is 16.0. The largest absolute Gasteiger partial charge is 0.396 e. The molecule has 1 aromatic heterocycles. The molecular weight excluding hydrogens is 222 g/mol. The number of thiophene rings is 1. The summed E-state index contributed by atoms with van der Waals surface area (Å²) in [5, 5.41) is 8.91. The molecule has 1 saturated heterocycles. The normalized spacial score (nSPS) is 16.3. The van der Waals surface area contributed by atoms with E-state index in [2.05, 4.69) is 13.8 Å². The van der Waals surface area contributed by atoms with E-state index >= 15 is 0 Å². The van der Waals surface area contributed by atoms with Gasteiger partial charge in [0, 0.05) is 30.5 Å². The number of hydrogen-bond donors (Lipinski definition) is 1. The van der Waals surface area contributed by atoms with Crippen molar-refractivity contribution in [3.05, 3.63) is 21.4 Å². The molecule has 1 amide bonds. The summed E-state index contributed by atoms with van der Waals surface area (Å²) >= 11 is 1.60. The average molecular weight is 239 g/mol. The SMILES string of the molecule is CCc1sc(C(=O)N2CC(CO)C2)cc1C. The number of aliphatic hydroxyl groups excluding tert-OH is 1. The second kappa shape index (κ2) is 4.55. The lowest BCUT2D eigenvalue weighted by Crippen LogP contribution is -2.51. The number of hydrogen-bond acceptors (Lipinski definition) is 3. The van der Waals surface area contributed by atoms with E-state index in [0.717, 1.165) is 11.3 Å². The lowest BCUT2D eigenvalue weighted by molar-refractivity contribution is 0.0366. The smallest absolute Gasteiger partial charge is 0.263 e. The molecule has 3 nitrogen and oxygen atoms in total. The van der Waals surface area contributed by atoms with Crippen molar-refractivity contribution in [2.45, 2.75) is 20.3 Å². The second-order valence-electron chi connectivity index (χ2n) is 4.33. The Kier molecular flexibility index (Phi) is 3.30. The predicted octanol–water partition coefficient (Wildman–Crippen LogP) is 1.68. The van der Waals surface area contributed by atoms with E-state index in [1.165, 1.54) is 10.4 Å². The minimum absolute atomic E-state index is 0.123. The Balaban J connectivity index is 2.04. The number of aryl methyl sites for hydroxylation is 2. The van der Waals surface area contributed by atoms with E-state index in [0.29, 0.717) is 13.1 Å². The van der Waals surface area contributed by atoms with Crippen LogP contribution in [0.4, 0.5) is 0 Å². The zero-order chi connectivity index (χ0) is 11.7. The Morgan fingerprint density at radius 3 is 2.81 bits per heavy atom. The molecule has 0 aliphatic carbocycles. The first kappa shape index (κ1) is 11.6. The number of nitrogens with zero attached hydrogens (tertiary/aromatic N) is 1. The number of carbonyl (C=O) groups is 1. The molecule has 0 unspecified atom stereocenters. The summed E-state index contributed by atoms with van der Waals surface area (Å²) in [7, 11) is 0. The van der Waals surface area contributed by atoms with E-state index < -0.39 is 0 Å². The summed E-state index contributed by atoms with van der Waals surface area (Å²) in [5.74, 6) is 0.410. The Labute approximate surface area is 99.7 Å². The standard InChI is InChI=1S/C12H17NO2S/c1-3-10-8(2)4-11(16-10)12(15)13-5-9(6-13)7-14/h4,9,14H,3,5-7H2,1-2H3. The van der Waals surface area contributed by atoms with Gasteiger partial charge in [0.1, 0.15) is 0 Å². The lowest BCUT2D eigenvalue weighted by atomic mass is 10.0. The van der Waals surface area contributed by atoms with Gasteiger partial charge in [-0.3, -0.25) is 4.79 Å². The Morgan fingerprint density at radius 2 is 2.31 bits per heavy atom. The molecule has 0 aromatic carbocycles. The third kappa shape index (κ3) is 1.99. The maximum atomic E-state index is 12.0. The van der Waals surface area contributed by atoms with Crippen LogP contribution in [0.1, 0.15) is 27.0 Å². The second-order valence-corrected chi connectivity index (χ2v) is 5.47. The minimum Gasteiger partial charge on any atom is -0.396 e. The molecule has 2 rings (SSSR count). The fourth-order valence-corrected chi connectivity index (χ4v) is 3.07. The highest BCUT2D eigenvalue weighted by atomic mass is 32.1. The van der Waals surface area contributed by atoms with Crippen LogP contribution >= 0.6 is 11.3 Å². The monoisotopic (exact) mass is 239 g/mol. The zero-order valence-corrected chi connectivity index (χ0v) is 10.5. The Morgan fingerprint density at radius 1 is 1.62 bits per heavy atom. The first-order valence-corrected chi connectivity index (χ1v) is 6.46. The molecule has 1 aliphatic rings. The van der Waals surface area contributed by atoms with Crippen LogP contribution in [-0.2, 0) is 6.42 Å². The molecule has 0 bridgehead atoms. The number of aliphatic hydroxyl groups is 1. The fraction of sp³-hybridized carbons (Fsp3) is 0.583. The van der Waals surface area contributed by atoms with Gasteiger partial charge in [-0.1, -0.05) is 6.92 Å². The van der Waals surface area contributed by atoms with E-state index in [-0.39, 0.29) is 18.4 Å². The molecule has 88 valence electrons. The third-order valence-electron chi connectivity index (χ3n) is 3.06. The first-order chi connectivity index (χ1) is 7.65. The van der Waals surface area contributed by atoms with E-state index in [1.54, 1.807) is 11.3 Å². The van der Waals surface area contributed by atoms with Crippen molar-refractivity contribution in [2.75, 3.05) is 19.7 Å². The molecule has 0 saturated carbocycles. The summed E-state index contributed by atoms with van der Waals surface area (Å²) < 4.78 is 0. The van der Waals surface area contributed by atoms with Gasteiger partial charge in [-0.25, -0.2) is 0 Å². The molecule has 1 N–H and O–H groups in total. The minimum atomic E-state index is 0.123. The first-order valence-electron chi connectivity index (χ1n) is 5.65. The van der Waals surface area contributed by atoms with Gasteiger partial charge in [0.05, 0.1) is 4.88 Å². The van der Waals surface area contributed by atoms with Gasteiger partial charge in [-0.05, 0) is 25.0 Å². The van der Waals surface area contributed by atoms with Crippen LogP contribution in [0.25, 0.3) is 0 Å². The van der Waals surface area contributed by atoms with Crippen molar-refractivity contribution in [3.8, 4) is 0 Å². The summed E-state index contributed by atoms with van der Waals surface area (Å²) in [6.07, 6.45) is 0.989. The van der Waals surface area contributed by atoms with Gasteiger partial charge in [0.2, 0.25) is 0 Å². The van der Waals surface area contributed by atoms with E-state index in [4.69, 9.17) is 5.11 Å². The van der Waals surface area contributed by atoms with Crippen LogP contribution in [0.2, 0.25) is 0 Å². The zero-order valence-electron chi connectivity index (χ0n) is 9.69. The maximum Gasteiger partial charge on any atom is 0.263 e. The molecule has 0 atom stereocenters. The van der Waals surface area contributed by atoms with Gasteiger partial charge in [0.25, 0.3) is 5.91 Å². The van der Waals surface area contributed by atoms with Crippen molar-refractivity contribution < 1.29 is 9.90 Å². The molecule has 4 heteroatoms. The van der Waals surface area contributed by atoms with Crippen molar-refractivity contribution in [1.82, 2.24) is 4.90 Å². The topological polar surface area (TPSA) is 40.5 Å². The van der Waals surface area contributed by atoms with Crippen molar-refractivity contribution >= 4 is 17.2 Å². The third-order valence-corrected chi connectivity index (χ3v) is 4.42. The highest BCUT2D eigenvalue weighted by Gasteiger charge is 2.31. The molecule has 0 spiro atoms. The van der Waals surface area contributed by atoms with Crippen LogP contribution in [0.5, 0.6) is 0 Å². The number of likely N-dealkylation sites (tertiary alicyclic amines) is 1. The molecule has 1 fully saturated rings. The van der Waals surface area contributed by atoms with E-state index in [1.807, 2.05) is 11.0 Å². The highest BCUT2D eigenvalue weighted by Crippen LogP contribution is 2.26. The van der Waals surface area contributed by atoms with Gasteiger partial charge >= 0.3 is 0 Å².